The van der Waals surface area contributed by atoms with Crippen LogP contribution in [-0.2, 0) is 13.1 Å². The molecule has 0 radical (unpaired) electrons. The van der Waals surface area contributed by atoms with Crippen molar-refractivity contribution in [2.24, 2.45) is 4.99 Å². The molecular weight excluding hydrogens is 354 g/mol. The van der Waals surface area contributed by atoms with E-state index >= 15 is 0 Å². The summed E-state index contributed by atoms with van der Waals surface area (Å²) < 4.78 is 5.16. The number of benzene rings is 1. The van der Waals surface area contributed by atoms with E-state index in [1.807, 2.05) is 39.0 Å². The van der Waals surface area contributed by atoms with Gasteiger partial charge in [-0.1, -0.05) is 17.3 Å². The first-order chi connectivity index (χ1) is 13.5. The van der Waals surface area contributed by atoms with Gasteiger partial charge in [-0.15, -0.1) is 0 Å². The van der Waals surface area contributed by atoms with Crippen LogP contribution >= 0.6 is 0 Å². The summed E-state index contributed by atoms with van der Waals surface area (Å²) in [6.45, 7) is 13.9. The van der Waals surface area contributed by atoms with Gasteiger partial charge in [0.25, 0.3) is 0 Å². The number of aliphatic imine (C=N–C) groups is 1. The molecule has 0 aliphatic carbocycles. The number of guanidine groups is 1. The van der Waals surface area contributed by atoms with Crippen LogP contribution in [0.5, 0.6) is 5.75 Å². The van der Waals surface area contributed by atoms with Crippen molar-refractivity contribution in [1.29, 1.82) is 0 Å². The molecule has 0 saturated carbocycles. The molecule has 28 heavy (non-hydrogen) atoms. The Morgan fingerprint density at radius 1 is 1.14 bits per heavy atom. The summed E-state index contributed by atoms with van der Waals surface area (Å²) in [4.78, 5) is 9.54. The molecule has 2 aromatic rings. The van der Waals surface area contributed by atoms with E-state index in [-0.39, 0.29) is 0 Å². The van der Waals surface area contributed by atoms with E-state index in [1.54, 1.807) is 0 Å². The summed E-state index contributed by atoms with van der Waals surface area (Å²) in [6, 6.07) is 6.01. The predicted molar refractivity (Wildman–Crippen MR) is 110 cm³/mol. The number of nitrogens with one attached hydrogen (secondary N) is 1. The molecule has 0 unspecified atom stereocenters. The van der Waals surface area contributed by atoms with Crippen LogP contribution in [0.1, 0.15) is 35.1 Å². The first-order valence-electron chi connectivity index (χ1n) is 9.93. The zero-order valence-electron chi connectivity index (χ0n) is 17.3. The average Bonchev–Trinajstić information content (AvgIpc) is 3.08. The Labute approximate surface area is 167 Å². The molecule has 1 fully saturated rings. The minimum atomic E-state index is 0.373. The molecule has 0 bridgehead atoms. The highest BCUT2D eigenvalue weighted by Gasteiger charge is 2.20. The topological polar surface area (TPSA) is 77.1 Å². The molecule has 2 heterocycles. The Bertz CT molecular complexity index is 799. The lowest BCUT2D eigenvalue weighted by Crippen LogP contribution is -2.52. The van der Waals surface area contributed by atoms with Crippen molar-refractivity contribution in [2.75, 3.05) is 32.7 Å². The molecule has 152 valence electrons. The summed E-state index contributed by atoms with van der Waals surface area (Å²) in [5.41, 5.74) is 3.90. The van der Waals surface area contributed by atoms with Gasteiger partial charge in [-0.3, -0.25) is 4.90 Å². The van der Waals surface area contributed by atoms with Gasteiger partial charge in [-0.25, -0.2) is 4.99 Å². The average molecular weight is 386 g/mol. The largest absolute Gasteiger partial charge is 0.507 e. The maximum absolute atomic E-state index is 9.96. The minimum Gasteiger partial charge on any atom is -0.507 e. The van der Waals surface area contributed by atoms with Crippen LogP contribution in [0.25, 0.3) is 0 Å². The Balaban J connectivity index is 1.60. The van der Waals surface area contributed by atoms with Crippen LogP contribution in [0, 0.1) is 20.8 Å². The third kappa shape index (κ3) is 5.04. The molecule has 0 spiro atoms. The number of aromatic nitrogens is 1. The van der Waals surface area contributed by atoms with E-state index in [0.717, 1.165) is 73.4 Å². The number of rotatable bonds is 5. The highest BCUT2D eigenvalue weighted by atomic mass is 16.5. The zero-order valence-corrected chi connectivity index (χ0v) is 17.3. The van der Waals surface area contributed by atoms with Crippen molar-refractivity contribution in [1.82, 2.24) is 20.3 Å². The van der Waals surface area contributed by atoms with Crippen molar-refractivity contribution in [3.63, 3.8) is 0 Å². The maximum atomic E-state index is 9.96. The first-order valence-corrected chi connectivity index (χ1v) is 9.93. The normalized spacial score (nSPS) is 15.9. The molecule has 0 amide bonds. The maximum Gasteiger partial charge on any atom is 0.194 e. The highest BCUT2D eigenvalue weighted by molar-refractivity contribution is 5.80. The molecule has 3 rings (SSSR count). The van der Waals surface area contributed by atoms with Gasteiger partial charge in [0.1, 0.15) is 11.5 Å². The Morgan fingerprint density at radius 2 is 1.82 bits per heavy atom. The van der Waals surface area contributed by atoms with Crippen LogP contribution in [0.3, 0.4) is 0 Å². The van der Waals surface area contributed by atoms with Gasteiger partial charge in [0.05, 0.1) is 12.2 Å². The molecule has 0 atom stereocenters. The second kappa shape index (κ2) is 9.10. The summed E-state index contributed by atoms with van der Waals surface area (Å²) in [6.07, 6.45) is 0. The summed E-state index contributed by atoms with van der Waals surface area (Å²) in [5.74, 6) is 2.18. The van der Waals surface area contributed by atoms with Crippen LogP contribution in [0.2, 0.25) is 0 Å². The van der Waals surface area contributed by atoms with E-state index in [4.69, 9.17) is 9.52 Å². The third-order valence-electron chi connectivity index (χ3n) is 5.03. The fourth-order valence-electron chi connectivity index (χ4n) is 3.57. The smallest absolute Gasteiger partial charge is 0.194 e. The number of phenolic OH excluding ortho intramolecular Hbond substituents is 1. The second-order valence-electron chi connectivity index (χ2n) is 7.44. The summed E-state index contributed by atoms with van der Waals surface area (Å²) >= 11 is 0. The molecule has 1 aliphatic heterocycles. The van der Waals surface area contributed by atoms with Crippen LogP contribution < -0.4 is 5.32 Å². The quantitative estimate of drug-likeness (QED) is 0.609. The lowest BCUT2D eigenvalue weighted by Gasteiger charge is -2.36. The van der Waals surface area contributed by atoms with Crippen molar-refractivity contribution >= 4 is 5.96 Å². The molecule has 1 aromatic carbocycles. The van der Waals surface area contributed by atoms with E-state index < -0.39 is 0 Å². The monoisotopic (exact) mass is 385 g/mol. The molecule has 1 saturated heterocycles. The fourth-order valence-corrected chi connectivity index (χ4v) is 3.57. The first kappa shape index (κ1) is 20.2. The number of nitrogens with zero attached hydrogens (tertiary/aromatic N) is 4. The highest BCUT2D eigenvalue weighted by Crippen LogP contribution is 2.23. The molecule has 2 N–H and O–H groups in total. The SMILES string of the molecule is CCNC(=NCc1cc(C)c(O)c(C)c1)N1CCN(Cc2cc(C)on2)CC1. The summed E-state index contributed by atoms with van der Waals surface area (Å²) in [5, 5.41) is 17.5. The van der Waals surface area contributed by atoms with E-state index in [1.165, 1.54) is 0 Å². The number of hydrogen-bond donors (Lipinski definition) is 2. The lowest BCUT2D eigenvalue weighted by atomic mass is 10.1. The number of phenols is 1. The molecule has 1 aromatic heterocycles. The Hall–Kier alpha value is -2.54. The fraction of sp³-hybridized carbons (Fsp3) is 0.524. The number of aromatic hydroxyl groups is 1. The van der Waals surface area contributed by atoms with E-state index in [9.17, 15) is 5.11 Å². The van der Waals surface area contributed by atoms with Crippen molar-refractivity contribution in [3.05, 3.63) is 46.3 Å². The molecular formula is C21H31N5O2. The van der Waals surface area contributed by atoms with Gasteiger partial charge in [0.15, 0.2) is 5.96 Å². The Kier molecular flexibility index (Phi) is 6.57. The van der Waals surface area contributed by atoms with Crippen molar-refractivity contribution in [2.45, 2.75) is 40.8 Å². The number of aryl methyl sites for hydroxylation is 3. The van der Waals surface area contributed by atoms with Crippen LogP contribution in [0.4, 0.5) is 0 Å². The van der Waals surface area contributed by atoms with E-state index in [0.29, 0.717) is 12.3 Å². The minimum absolute atomic E-state index is 0.373. The molecule has 1 aliphatic rings. The molecule has 7 heteroatoms. The standard InChI is InChI=1S/C21H31N5O2/c1-5-22-21(23-13-18-10-15(2)20(27)16(3)11-18)26-8-6-25(7-9-26)14-19-12-17(4)28-24-19/h10-12,27H,5-9,13-14H2,1-4H3,(H,22,23). The number of hydrogen-bond acceptors (Lipinski definition) is 5. The van der Waals surface area contributed by atoms with Gasteiger partial charge < -0.3 is 19.8 Å². The number of piperazine rings is 1. The van der Waals surface area contributed by atoms with Gasteiger partial charge in [-0.05, 0) is 44.4 Å². The second-order valence-corrected chi connectivity index (χ2v) is 7.44. The van der Waals surface area contributed by atoms with Gasteiger partial charge in [0, 0.05) is 45.3 Å². The van der Waals surface area contributed by atoms with Gasteiger partial charge in [-0.2, -0.15) is 0 Å². The van der Waals surface area contributed by atoms with Gasteiger partial charge in [0.2, 0.25) is 0 Å². The van der Waals surface area contributed by atoms with E-state index in [2.05, 4.69) is 27.2 Å². The lowest BCUT2D eigenvalue weighted by molar-refractivity contribution is 0.169. The van der Waals surface area contributed by atoms with Crippen LogP contribution in [-0.4, -0.2) is 58.7 Å². The van der Waals surface area contributed by atoms with Gasteiger partial charge >= 0.3 is 0 Å². The molecule has 7 nitrogen and oxygen atoms in total. The zero-order chi connectivity index (χ0) is 20.1. The van der Waals surface area contributed by atoms with Crippen LogP contribution in [0.15, 0.2) is 27.7 Å². The summed E-state index contributed by atoms with van der Waals surface area (Å²) in [7, 11) is 0. The third-order valence-corrected chi connectivity index (χ3v) is 5.03. The van der Waals surface area contributed by atoms with Crippen molar-refractivity contribution in [3.8, 4) is 5.75 Å². The van der Waals surface area contributed by atoms with Crippen molar-refractivity contribution < 1.29 is 9.63 Å². The Morgan fingerprint density at radius 3 is 2.39 bits per heavy atom. The predicted octanol–water partition coefficient (Wildman–Crippen LogP) is 2.59.